The number of imidazole rings is 1. The Balaban J connectivity index is 2.62. The molecule has 114 valence electrons. The van der Waals surface area contributed by atoms with Gasteiger partial charge in [-0.1, -0.05) is 13.8 Å². The van der Waals surface area contributed by atoms with Crippen molar-refractivity contribution in [1.82, 2.24) is 19.1 Å². The van der Waals surface area contributed by atoms with Crippen LogP contribution in [0.3, 0.4) is 0 Å². The van der Waals surface area contributed by atoms with E-state index >= 15 is 0 Å². The highest BCUT2D eigenvalue weighted by molar-refractivity contribution is 5.70. The SMILES string of the molecule is CC(C)Cn1c(=O)n(C)c(=O)c2[nH]c(CCC(=O)O)nc21. The van der Waals surface area contributed by atoms with Gasteiger partial charge in [-0.25, -0.2) is 9.78 Å². The first-order valence-corrected chi connectivity index (χ1v) is 6.71. The van der Waals surface area contributed by atoms with E-state index in [9.17, 15) is 14.4 Å². The molecule has 0 atom stereocenters. The van der Waals surface area contributed by atoms with Crippen LogP contribution in [0.1, 0.15) is 26.1 Å². The average molecular weight is 294 g/mol. The Morgan fingerprint density at radius 2 is 2.05 bits per heavy atom. The van der Waals surface area contributed by atoms with Gasteiger partial charge in [-0.2, -0.15) is 0 Å². The molecule has 21 heavy (non-hydrogen) atoms. The van der Waals surface area contributed by atoms with E-state index in [2.05, 4.69) is 9.97 Å². The average Bonchev–Trinajstić information content (AvgIpc) is 2.83. The summed E-state index contributed by atoms with van der Waals surface area (Å²) in [6, 6.07) is 0. The van der Waals surface area contributed by atoms with Crippen LogP contribution in [0.25, 0.3) is 11.2 Å². The van der Waals surface area contributed by atoms with Crippen molar-refractivity contribution in [2.24, 2.45) is 13.0 Å². The molecule has 2 aromatic heterocycles. The Morgan fingerprint density at radius 1 is 1.38 bits per heavy atom. The van der Waals surface area contributed by atoms with Crippen LogP contribution in [0, 0.1) is 5.92 Å². The number of nitrogens with one attached hydrogen (secondary N) is 1. The van der Waals surface area contributed by atoms with Crippen molar-refractivity contribution in [2.45, 2.75) is 33.2 Å². The maximum atomic E-state index is 12.2. The summed E-state index contributed by atoms with van der Waals surface area (Å²) >= 11 is 0. The van der Waals surface area contributed by atoms with Crippen LogP contribution in [0.5, 0.6) is 0 Å². The van der Waals surface area contributed by atoms with Gasteiger partial charge in [-0.15, -0.1) is 0 Å². The normalized spacial score (nSPS) is 11.4. The molecular formula is C13H18N4O4. The van der Waals surface area contributed by atoms with E-state index < -0.39 is 17.2 Å². The van der Waals surface area contributed by atoms with Gasteiger partial charge in [0.1, 0.15) is 11.3 Å². The summed E-state index contributed by atoms with van der Waals surface area (Å²) < 4.78 is 2.48. The van der Waals surface area contributed by atoms with Gasteiger partial charge in [0.15, 0.2) is 5.65 Å². The minimum absolute atomic E-state index is 0.0887. The van der Waals surface area contributed by atoms with E-state index in [0.29, 0.717) is 12.4 Å². The minimum atomic E-state index is -0.942. The molecule has 8 heteroatoms. The summed E-state index contributed by atoms with van der Waals surface area (Å²) in [7, 11) is 1.42. The smallest absolute Gasteiger partial charge is 0.332 e. The van der Waals surface area contributed by atoms with E-state index in [0.717, 1.165) is 4.57 Å². The Morgan fingerprint density at radius 3 is 2.62 bits per heavy atom. The van der Waals surface area contributed by atoms with Gasteiger partial charge in [0, 0.05) is 20.0 Å². The summed E-state index contributed by atoms with van der Waals surface area (Å²) in [6.45, 7) is 4.36. The standard InChI is InChI=1S/C13H18N4O4/c1-7(2)6-17-11-10(12(20)16(3)13(17)21)14-8(15-11)4-5-9(18)19/h7H,4-6H2,1-3H3,(H,14,15)(H,18,19). The fourth-order valence-electron chi connectivity index (χ4n) is 2.16. The van der Waals surface area contributed by atoms with Crippen LogP contribution in [-0.4, -0.2) is 30.2 Å². The van der Waals surface area contributed by atoms with Crippen molar-refractivity contribution in [3.63, 3.8) is 0 Å². The Labute approximate surface area is 120 Å². The number of hydrogen-bond donors (Lipinski definition) is 2. The zero-order valence-electron chi connectivity index (χ0n) is 12.2. The van der Waals surface area contributed by atoms with Crippen LogP contribution in [-0.2, 0) is 24.8 Å². The van der Waals surface area contributed by atoms with Crippen LogP contribution in [0.2, 0.25) is 0 Å². The highest BCUT2D eigenvalue weighted by Gasteiger charge is 2.16. The van der Waals surface area contributed by atoms with Crippen LogP contribution in [0.4, 0.5) is 0 Å². The topological polar surface area (TPSA) is 110 Å². The Hall–Kier alpha value is -2.38. The first-order chi connectivity index (χ1) is 9.81. The molecule has 0 aliphatic carbocycles. The molecule has 0 bridgehead atoms. The number of carbonyl (C=O) groups is 1. The molecule has 2 heterocycles. The largest absolute Gasteiger partial charge is 0.481 e. The number of aliphatic carboxylic acids is 1. The molecule has 0 aliphatic rings. The molecule has 0 aliphatic heterocycles. The molecule has 0 fully saturated rings. The zero-order valence-corrected chi connectivity index (χ0v) is 12.2. The number of aromatic nitrogens is 4. The second kappa shape index (κ2) is 5.55. The molecule has 0 aromatic carbocycles. The summed E-state index contributed by atoms with van der Waals surface area (Å²) in [4.78, 5) is 42.0. The van der Waals surface area contributed by atoms with E-state index in [1.54, 1.807) is 0 Å². The van der Waals surface area contributed by atoms with E-state index in [1.807, 2.05) is 13.8 Å². The molecule has 0 unspecified atom stereocenters. The molecule has 2 rings (SSSR count). The quantitative estimate of drug-likeness (QED) is 0.812. The van der Waals surface area contributed by atoms with E-state index in [1.165, 1.54) is 11.6 Å². The molecule has 0 radical (unpaired) electrons. The summed E-state index contributed by atoms with van der Waals surface area (Å²) in [5, 5.41) is 8.70. The van der Waals surface area contributed by atoms with Gasteiger partial charge in [0.25, 0.3) is 5.56 Å². The minimum Gasteiger partial charge on any atom is -0.481 e. The first kappa shape index (κ1) is 15.0. The maximum absolute atomic E-state index is 12.2. The van der Waals surface area contributed by atoms with Crippen molar-refractivity contribution >= 4 is 17.1 Å². The van der Waals surface area contributed by atoms with Crippen LogP contribution < -0.4 is 11.2 Å². The highest BCUT2D eigenvalue weighted by Crippen LogP contribution is 2.09. The van der Waals surface area contributed by atoms with Crippen LogP contribution >= 0.6 is 0 Å². The van der Waals surface area contributed by atoms with Crippen molar-refractivity contribution in [3.05, 3.63) is 26.7 Å². The monoisotopic (exact) mass is 294 g/mol. The Bertz CT molecular complexity index is 797. The third-order valence-electron chi connectivity index (χ3n) is 3.15. The summed E-state index contributed by atoms with van der Waals surface area (Å²) in [5.41, 5.74) is -0.350. The van der Waals surface area contributed by atoms with E-state index in [-0.39, 0.29) is 29.9 Å². The predicted octanol–water partition coefficient (Wildman–Crippen LogP) is 0.0965. The predicted molar refractivity (Wildman–Crippen MR) is 76.4 cm³/mol. The zero-order chi connectivity index (χ0) is 15.7. The molecule has 2 aromatic rings. The molecule has 8 nitrogen and oxygen atoms in total. The lowest BCUT2D eigenvalue weighted by Gasteiger charge is -2.10. The van der Waals surface area contributed by atoms with Gasteiger partial charge in [-0.05, 0) is 5.92 Å². The van der Waals surface area contributed by atoms with Gasteiger partial charge >= 0.3 is 11.7 Å². The lowest BCUT2D eigenvalue weighted by molar-refractivity contribution is -0.137. The molecule has 0 spiro atoms. The third kappa shape index (κ3) is 2.88. The number of H-pyrrole nitrogens is 1. The number of hydrogen-bond acceptors (Lipinski definition) is 4. The highest BCUT2D eigenvalue weighted by atomic mass is 16.4. The lowest BCUT2D eigenvalue weighted by atomic mass is 10.2. The summed E-state index contributed by atoms with van der Waals surface area (Å²) in [6.07, 6.45) is 0.0948. The second-order valence-corrected chi connectivity index (χ2v) is 5.43. The van der Waals surface area contributed by atoms with Gasteiger partial charge < -0.3 is 10.1 Å². The van der Waals surface area contributed by atoms with Crippen molar-refractivity contribution in [2.75, 3.05) is 0 Å². The summed E-state index contributed by atoms with van der Waals surface area (Å²) in [5.74, 6) is -0.335. The van der Waals surface area contributed by atoms with E-state index in [4.69, 9.17) is 5.11 Å². The third-order valence-corrected chi connectivity index (χ3v) is 3.15. The van der Waals surface area contributed by atoms with Gasteiger partial charge in [-0.3, -0.25) is 18.7 Å². The number of aromatic amines is 1. The molecule has 0 saturated heterocycles. The number of fused-ring (bicyclic) bond motifs is 1. The lowest BCUT2D eigenvalue weighted by Crippen LogP contribution is -2.38. The molecular weight excluding hydrogens is 276 g/mol. The van der Waals surface area contributed by atoms with Crippen molar-refractivity contribution in [1.29, 1.82) is 0 Å². The number of aryl methyl sites for hydroxylation is 1. The van der Waals surface area contributed by atoms with Crippen molar-refractivity contribution < 1.29 is 9.90 Å². The number of carboxylic acid groups (broad SMARTS) is 1. The van der Waals surface area contributed by atoms with Crippen LogP contribution in [0.15, 0.2) is 9.59 Å². The number of carboxylic acids is 1. The molecule has 0 amide bonds. The Kier molecular flexibility index (Phi) is 3.97. The molecule has 2 N–H and O–H groups in total. The van der Waals surface area contributed by atoms with Crippen molar-refractivity contribution in [3.8, 4) is 0 Å². The fraction of sp³-hybridized carbons (Fsp3) is 0.538. The second-order valence-electron chi connectivity index (χ2n) is 5.43. The number of nitrogens with zero attached hydrogens (tertiary/aromatic N) is 3. The maximum Gasteiger partial charge on any atom is 0.332 e. The number of rotatable bonds is 5. The fourth-order valence-corrected chi connectivity index (χ4v) is 2.16. The van der Waals surface area contributed by atoms with Gasteiger partial charge in [0.05, 0.1) is 6.42 Å². The van der Waals surface area contributed by atoms with Gasteiger partial charge in [0.2, 0.25) is 0 Å². The molecule has 0 saturated carbocycles. The first-order valence-electron chi connectivity index (χ1n) is 6.71.